The van der Waals surface area contributed by atoms with Crippen molar-refractivity contribution in [2.75, 3.05) is 19.8 Å². The number of hydrogen-bond acceptors (Lipinski definition) is 4. The molecule has 6 nitrogen and oxygen atoms in total. The molecule has 0 saturated heterocycles. The van der Waals surface area contributed by atoms with Crippen molar-refractivity contribution in [1.82, 2.24) is 5.32 Å². The Morgan fingerprint density at radius 2 is 2.05 bits per heavy atom. The Hall–Kier alpha value is -1.50. The number of ether oxygens (including phenoxy) is 2. The van der Waals surface area contributed by atoms with Gasteiger partial charge in [0, 0.05) is 12.6 Å². The zero-order chi connectivity index (χ0) is 15.8. The molecule has 0 aliphatic rings. The highest BCUT2D eigenvalue weighted by Gasteiger charge is 2.14. The number of carboxylic acid groups (broad SMARTS) is 1. The maximum Gasteiger partial charge on any atom is 0.329 e. The lowest BCUT2D eigenvalue weighted by atomic mass is 10.3. The average molecular weight is 336 g/mol. The Labute approximate surface area is 131 Å². The highest BCUT2D eigenvalue weighted by atomic mass is 35.5. The molecule has 2 N–H and O–H groups in total. The van der Waals surface area contributed by atoms with Crippen LogP contribution in [0.1, 0.15) is 6.92 Å². The summed E-state index contributed by atoms with van der Waals surface area (Å²) in [6, 6.07) is 4.70. The number of nitrogens with one attached hydrogen (secondary N) is 1. The number of rotatable bonds is 8. The Balaban J connectivity index is 2.33. The summed E-state index contributed by atoms with van der Waals surface area (Å²) in [7, 11) is 0. The summed E-state index contributed by atoms with van der Waals surface area (Å²) < 4.78 is 10.2. The van der Waals surface area contributed by atoms with Crippen LogP contribution in [0, 0.1) is 0 Å². The van der Waals surface area contributed by atoms with Crippen LogP contribution in [0.15, 0.2) is 18.2 Å². The molecule has 1 amide bonds. The number of hydrogen-bond donors (Lipinski definition) is 2. The summed E-state index contributed by atoms with van der Waals surface area (Å²) in [4.78, 5) is 21.9. The number of amides is 1. The molecule has 0 spiro atoms. The van der Waals surface area contributed by atoms with E-state index in [4.69, 9.17) is 37.8 Å². The van der Waals surface area contributed by atoms with E-state index in [9.17, 15) is 9.59 Å². The fraction of sp³-hybridized carbons (Fsp3) is 0.385. The first kappa shape index (κ1) is 17.6. The third-order valence-electron chi connectivity index (χ3n) is 2.34. The van der Waals surface area contributed by atoms with E-state index in [0.717, 1.165) is 0 Å². The van der Waals surface area contributed by atoms with Crippen LogP contribution < -0.4 is 10.1 Å². The van der Waals surface area contributed by atoms with Crippen LogP contribution in [0.2, 0.25) is 10.0 Å². The van der Waals surface area contributed by atoms with Crippen LogP contribution >= 0.6 is 23.2 Å². The molecule has 0 saturated carbocycles. The number of halogens is 2. The van der Waals surface area contributed by atoms with E-state index >= 15 is 0 Å². The van der Waals surface area contributed by atoms with Gasteiger partial charge >= 0.3 is 5.97 Å². The summed E-state index contributed by atoms with van der Waals surface area (Å²) in [6.45, 7) is 1.49. The summed E-state index contributed by atoms with van der Waals surface area (Å²) in [5.74, 6) is -0.980. The summed E-state index contributed by atoms with van der Waals surface area (Å²) >= 11 is 11.6. The molecule has 1 atom stereocenters. The molecule has 0 bridgehead atoms. The molecule has 0 fully saturated rings. The zero-order valence-corrected chi connectivity index (χ0v) is 12.8. The summed E-state index contributed by atoms with van der Waals surface area (Å²) in [6.07, 6.45) is -0.735. The zero-order valence-electron chi connectivity index (χ0n) is 11.3. The molecule has 0 aromatic heterocycles. The van der Waals surface area contributed by atoms with E-state index in [0.29, 0.717) is 15.8 Å². The number of carbonyl (C=O) groups is 2. The van der Waals surface area contributed by atoms with Crippen LogP contribution in [0.25, 0.3) is 0 Å². The van der Waals surface area contributed by atoms with Crippen LogP contribution in [-0.4, -0.2) is 42.8 Å². The largest absolute Gasteiger partial charge is 0.481 e. The van der Waals surface area contributed by atoms with E-state index in [-0.39, 0.29) is 19.1 Å². The molecular weight excluding hydrogens is 321 g/mol. The smallest absolute Gasteiger partial charge is 0.329 e. The van der Waals surface area contributed by atoms with Gasteiger partial charge < -0.3 is 19.9 Å². The number of carboxylic acids is 1. The first-order chi connectivity index (χ1) is 9.90. The van der Waals surface area contributed by atoms with Gasteiger partial charge in [-0.1, -0.05) is 23.2 Å². The van der Waals surface area contributed by atoms with Gasteiger partial charge in [-0.25, -0.2) is 4.79 Å². The van der Waals surface area contributed by atoms with Gasteiger partial charge in [0.25, 0.3) is 5.91 Å². The van der Waals surface area contributed by atoms with Gasteiger partial charge in [0.05, 0.1) is 16.7 Å². The van der Waals surface area contributed by atoms with E-state index in [1.54, 1.807) is 19.1 Å². The SMILES string of the molecule is CC(Oc1ccc(Cl)c(Cl)c1)C(=O)NCCOCC(=O)O. The van der Waals surface area contributed by atoms with Crippen LogP contribution in [0.4, 0.5) is 0 Å². The molecule has 1 aromatic carbocycles. The lowest BCUT2D eigenvalue weighted by molar-refractivity contribution is -0.142. The highest BCUT2D eigenvalue weighted by Crippen LogP contribution is 2.26. The predicted octanol–water partition coefficient (Wildman–Crippen LogP) is 1.98. The minimum atomic E-state index is -1.06. The van der Waals surface area contributed by atoms with Crippen molar-refractivity contribution < 1.29 is 24.2 Å². The van der Waals surface area contributed by atoms with Gasteiger partial charge in [0.1, 0.15) is 12.4 Å². The molecule has 8 heteroatoms. The van der Waals surface area contributed by atoms with Crippen LogP contribution in [-0.2, 0) is 14.3 Å². The summed E-state index contributed by atoms with van der Waals surface area (Å²) in [5.41, 5.74) is 0. The molecule has 116 valence electrons. The van der Waals surface area contributed by atoms with Gasteiger partial charge in [-0.05, 0) is 19.1 Å². The van der Waals surface area contributed by atoms with E-state index in [1.807, 2.05) is 0 Å². The first-order valence-electron chi connectivity index (χ1n) is 6.09. The first-order valence-corrected chi connectivity index (χ1v) is 6.84. The van der Waals surface area contributed by atoms with Gasteiger partial charge in [0.2, 0.25) is 0 Å². The topological polar surface area (TPSA) is 84.9 Å². The molecule has 0 heterocycles. The monoisotopic (exact) mass is 335 g/mol. The molecular formula is C13H15Cl2NO5. The molecule has 1 rings (SSSR count). The fourth-order valence-electron chi connectivity index (χ4n) is 1.36. The van der Waals surface area contributed by atoms with Crippen LogP contribution in [0.3, 0.4) is 0 Å². The van der Waals surface area contributed by atoms with Gasteiger partial charge in [-0.15, -0.1) is 0 Å². The second kappa shape index (κ2) is 8.71. The Morgan fingerprint density at radius 3 is 2.67 bits per heavy atom. The normalized spacial score (nSPS) is 11.8. The molecule has 0 aliphatic heterocycles. The number of carbonyl (C=O) groups excluding carboxylic acids is 1. The second-order valence-corrected chi connectivity index (χ2v) is 4.89. The van der Waals surface area contributed by atoms with E-state index in [1.165, 1.54) is 6.07 Å². The fourth-order valence-corrected chi connectivity index (χ4v) is 1.65. The van der Waals surface area contributed by atoms with E-state index in [2.05, 4.69) is 5.32 Å². The Kier molecular flexibility index (Phi) is 7.28. The average Bonchev–Trinajstić information content (AvgIpc) is 2.42. The summed E-state index contributed by atoms with van der Waals surface area (Å²) in [5, 5.41) is 11.7. The minimum absolute atomic E-state index is 0.109. The molecule has 0 aliphatic carbocycles. The van der Waals surface area contributed by atoms with Crippen molar-refractivity contribution in [2.24, 2.45) is 0 Å². The van der Waals surface area contributed by atoms with Crippen molar-refractivity contribution in [3.63, 3.8) is 0 Å². The van der Waals surface area contributed by atoms with Gasteiger partial charge in [0.15, 0.2) is 6.10 Å². The number of benzene rings is 1. The molecule has 21 heavy (non-hydrogen) atoms. The number of aliphatic carboxylic acids is 1. The van der Waals surface area contributed by atoms with Crippen LogP contribution in [0.5, 0.6) is 5.75 Å². The van der Waals surface area contributed by atoms with Crippen molar-refractivity contribution in [3.05, 3.63) is 28.2 Å². The highest BCUT2D eigenvalue weighted by molar-refractivity contribution is 6.42. The van der Waals surface area contributed by atoms with Crippen molar-refractivity contribution >= 4 is 35.1 Å². The van der Waals surface area contributed by atoms with Gasteiger partial charge in [-0.2, -0.15) is 0 Å². The Bertz CT molecular complexity index is 509. The second-order valence-electron chi connectivity index (χ2n) is 4.07. The van der Waals surface area contributed by atoms with Crippen molar-refractivity contribution in [1.29, 1.82) is 0 Å². The minimum Gasteiger partial charge on any atom is -0.481 e. The quantitative estimate of drug-likeness (QED) is 0.709. The standard InChI is InChI=1S/C13H15Cl2NO5/c1-8(13(19)16-4-5-20-7-12(17)18)21-9-2-3-10(14)11(15)6-9/h2-3,6,8H,4-5,7H2,1H3,(H,16,19)(H,17,18). The maximum absolute atomic E-state index is 11.7. The third-order valence-corrected chi connectivity index (χ3v) is 3.08. The lowest BCUT2D eigenvalue weighted by Crippen LogP contribution is -2.38. The Morgan fingerprint density at radius 1 is 1.33 bits per heavy atom. The third kappa shape index (κ3) is 6.66. The lowest BCUT2D eigenvalue weighted by Gasteiger charge is -2.15. The molecule has 1 aromatic rings. The van der Waals surface area contributed by atoms with E-state index < -0.39 is 18.7 Å². The van der Waals surface area contributed by atoms with Crippen molar-refractivity contribution in [3.8, 4) is 5.75 Å². The molecule has 1 unspecified atom stereocenters. The predicted molar refractivity (Wildman–Crippen MR) is 78.0 cm³/mol. The van der Waals surface area contributed by atoms with Gasteiger partial charge in [-0.3, -0.25) is 4.79 Å². The van der Waals surface area contributed by atoms with Crippen molar-refractivity contribution in [2.45, 2.75) is 13.0 Å². The maximum atomic E-state index is 11.7. The molecule has 0 radical (unpaired) electrons.